The molecule has 3 rings (SSSR count). The number of methoxy groups -OCH3 is 1. The Kier molecular flexibility index (Phi) is 5.21. The molecule has 0 spiro atoms. The van der Waals surface area contributed by atoms with Gasteiger partial charge in [-0.05, 0) is 25.0 Å². The normalized spacial score (nSPS) is 13.5. The van der Waals surface area contributed by atoms with Gasteiger partial charge >= 0.3 is 16.2 Å². The Morgan fingerprint density at radius 2 is 1.93 bits per heavy atom. The molecule has 2 aromatic rings. The first-order chi connectivity index (χ1) is 12.9. The van der Waals surface area contributed by atoms with E-state index in [1.165, 1.54) is 25.4 Å². The molecule has 1 heterocycles. The van der Waals surface area contributed by atoms with Gasteiger partial charge in [-0.25, -0.2) is 14.5 Å². The van der Waals surface area contributed by atoms with Gasteiger partial charge in [-0.2, -0.15) is 13.4 Å². The van der Waals surface area contributed by atoms with E-state index in [0.29, 0.717) is 0 Å². The summed E-state index contributed by atoms with van der Waals surface area (Å²) in [5.41, 5.74) is 0.370. The number of carbonyl (C=O) groups is 2. The number of amides is 2. The Morgan fingerprint density at radius 3 is 2.63 bits per heavy atom. The van der Waals surface area contributed by atoms with Gasteiger partial charge in [0, 0.05) is 23.7 Å². The number of anilines is 2. The van der Waals surface area contributed by atoms with Crippen molar-refractivity contribution in [2.24, 2.45) is 5.92 Å². The number of nitrogens with one attached hydrogen (secondary N) is 3. The van der Waals surface area contributed by atoms with Crippen LogP contribution < -0.4 is 19.5 Å². The third-order valence-corrected chi connectivity index (χ3v) is 4.62. The van der Waals surface area contributed by atoms with Crippen LogP contribution in [0, 0.1) is 5.92 Å². The lowest BCUT2D eigenvalue weighted by Crippen LogP contribution is -2.38. The van der Waals surface area contributed by atoms with Crippen LogP contribution in [0.25, 0.3) is 0 Å². The molecule has 0 bridgehead atoms. The van der Waals surface area contributed by atoms with E-state index in [-0.39, 0.29) is 34.8 Å². The molecule has 0 radical (unpaired) electrons. The standard InChI is InChI=1S/C16H17N5O5S/c1-26-13-8-9-17-15(18-13)19-16(23)21-27(24,25)20-12-5-3-2-4-11(12)14(22)10-6-7-10/h2-5,8-10,20H,6-7H2,1H3,(H2,17,18,19,21,23). The number of benzene rings is 1. The topological polar surface area (TPSA) is 139 Å². The van der Waals surface area contributed by atoms with Gasteiger partial charge in [0.1, 0.15) is 0 Å². The first-order valence-corrected chi connectivity index (χ1v) is 9.48. The molecule has 142 valence electrons. The van der Waals surface area contributed by atoms with Gasteiger partial charge in [-0.1, -0.05) is 12.1 Å². The maximum Gasteiger partial charge on any atom is 0.336 e. The van der Waals surface area contributed by atoms with Crippen molar-refractivity contribution >= 4 is 33.7 Å². The first-order valence-electron chi connectivity index (χ1n) is 8.00. The highest BCUT2D eigenvalue weighted by Gasteiger charge is 2.32. The minimum absolute atomic E-state index is 0.0721. The molecule has 1 aliphatic carbocycles. The average molecular weight is 391 g/mol. The number of carbonyl (C=O) groups excluding carboxylic acids is 2. The smallest absolute Gasteiger partial charge is 0.336 e. The molecule has 0 atom stereocenters. The lowest BCUT2D eigenvalue weighted by Gasteiger charge is -2.12. The molecule has 2 amide bonds. The fourth-order valence-electron chi connectivity index (χ4n) is 2.29. The van der Waals surface area contributed by atoms with E-state index in [1.54, 1.807) is 22.9 Å². The van der Waals surface area contributed by atoms with Gasteiger partial charge in [0.2, 0.25) is 11.8 Å². The number of ether oxygens (including phenoxy) is 1. The molecule has 11 heteroatoms. The van der Waals surface area contributed by atoms with Gasteiger partial charge in [-0.15, -0.1) is 0 Å². The Labute approximate surface area is 155 Å². The van der Waals surface area contributed by atoms with Gasteiger partial charge in [0.15, 0.2) is 5.78 Å². The highest BCUT2D eigenvalue weighted by Crippen LogP contribution is 2.34. The third-order valence-electron chi connectivity index (χ3n) is 3.68. The molecule has 27 heavy (non-hydrogen) atoms. The van der Waals surface area contributed by atoms with Crippen LogP contribution in [0.2, 0.25) is 0 Å². The summed E-state index contributed by atoms with van der Waals surface area (Å²) in [5.74, 6) is -0.125. The fourth-order valence-corrected chi connectivity index (χ4v) is 3.10. The Balaban J connectivity index is 1.68. The molecule has 1 aromatic carbocycles. The van der Waals surface area contributed by atoms with Gasteiger partial charge in [0.25, 0.3) is 0 Å². The molecule has 0 aliphatic heterocycles. The maximum atomic E-state index is 12.3. The van der Waals surface area contributed by atoms with Gasteiger partial charge in [-0.3, -0.25) is 14.8 Å². The molecule has 10 nitrogen and oxygen atoms in total. The third kappa shape index (κ3) is 4.91. The lowest BCUT2D eigenvalue weighted by atomic mass is 10.1. The summed E-state index contributed by atoms with van der Waals surface area (Å²) in [5, 5.41) is 2.19. The number of hydrogen-bond donors (Lipinski definition) is 3. The van der Waals surface area contributed by atoms with E-state index in [9.17, 15) is 18.0 Å². The summed E-state index contributed by atoms with van der Waals surface area (Å²) in [6, 6.07) is 6.64. The number of rotatable bonds is 7. The van der Waals surface area contributed by atoms with Crippen molar-refractivity contribution in [1.29, 1.82) is 0 Å². The number of hydrogen-bond acceptors (Lipinski definition) is 7. The second kappa shape index (κ2) is 7.58. The van der Waals surface area contributed by atoms with E-state index in [2.05, 4.69) is 20.0 Å². The van der Waals surface area contributed by atoms with Crippen molar-refractivity contribution in [2.75, 3.05) is 17.1 Å². The Morgan fingerprint density at radius 1 is 1.19 bits per heavy atom. The Bertz CT molecular complexity index is 975. The number of aromatic nitrogens is 2. The van der Waals surface area contributed by atoms with Crippen molar-refractivity contribution in [1.82, 2.24) is 14.7 Å². The zero-order valence-electron chi connectivity index (χ0n) is 14.3. The van der Waals surface area contributed by atoms with Crippen LogP contribution in [0.5, 0.6) is 5.88 Å². The predicted octanol–water partition coefficient (Wildman–Crippen LogP) is 1.56. The fraction of sp³-hybridized carbons (Fsp3) is 0.250. The number of Topliss-reactive ketones (excluding diaryl/α,β-unsaturated/α-hetero) is 1. The van der Waals surface area contributed by atoms with Crippen LogP contribution in [0.3, 0.4) is 0 Å². The van der Waals surface area contributed by atoms with E-state index in [1.807, 2.05) is 0 Å². The molecule has 1 saturated carbocycles. The number of para-hydroxylation sites is 1. The average Bonchev–Trinajstić information content (AvgIpc) is 3.46. The minimum Gasteiger partial charge on any atom is -0.481 e. The van der Waals surface area contributed by atoms with Crippen LogP contribution in [-0.4, -0.2) is 37.3 Å². The second-order valence-electron chi connectivity index (χ2n) is 5.77. The second-order valence-corrected chi connectivity index (χ2v) is 7.18. The van der Waals surface area contributed by atoms with Crippen molar-refractivity contribution in [3.8, 4) is 5.88 Å². The van der Waals surface area contributed by atoms with Crippen molar-refractivity contribution < 1.29 is 22.7 Å². The minimum atomic E-state index is -4.28. The summed E-state index contributed by atoms with van der Waals surface area (Å²) in [7, 11) is -2.89. The van der Waals surface area contributed by atoms with Crippen molar-refractivity contribution in [3.63, 3.8) is 0 Å². The highest BCUT2D eigenvalue weighted by molar-refractivity contribution is 7.91. The molecular weight excluding hydrogens is 374 g/mol. The predicted molar refractivity (Wildman–Crippen MR) is 96.8 cm³/mol. The van der Waals surface area contributed by atoms with Crippen molar-refractivity contribution in [3.05, 3.63) is 42.1 Å². The molecule has 1 aromatic heterocycles. The summed E-state index contributed by atoms with van der Waals surface area (Å²) in [4.78, 5) is 31.8. The summed E-state index contributed by atoms with van der Waals surface area (Å²) >= 11 is 0. The maximum absolute atomic E-state index is 12.3. The van der Waals surface area contributed by atoms with E-state index in [4.69, 9.17) is 4.74 Å². The number of ketones is 1. The van der Waals surface area contributed by atoms with Gasteiger partial charge < -0.3 is 4.74 Å². The summed E-state index contributed by atoms with van der Waals surface area (Å²) < 4.78 is 33.3. The Hall–Kier alpha value is -3.21. The summed E-state index contributed by atoms with van der Waals surface area (Å²) in [6.07, 6.45) is 2.93. The molecule has 1 fully saturated rings. The monoisotopic (exact) mass is 391 g/mol. The number of urea groups is 1. The van der Waals surface area contributed by atoms with Crippen LogP contribution in [0.4, 0.5) is 16.4 Å². The SMILES string of the molecule is COc1ccnc(NC(=O)NS(=O)(=O)Nc2ccccc2C(=O)C2CC2)n1. The number of nitrogens with zero attached hydrogens (tertiary/aromatic N) is 2. The van der Waals surface area contributed by atoms with E-state index in [0.717, 1.165) is 12.8 Å². The molecule has 1 aliphatic rings. The van der Waals surface area contributed by atoms with Crippen LogP contribution in [-0.2, 0) is 10.2 Å². The zero-order chi connectivity index (χ0) is 19.4. The highest BCUT2D eigenvalue weighted by atomic mass is 32.2. The van der Waals surface area contributed by atoms with Gasteiger partial charge in [0.05, 0.1) is 12.8 Å². The molecular formula is C16H17N5O5S. The van der Waals surface area contributed by atoms with Crippen molar-refractivity contribution in [2.45, 2.75) is 12.8 Å². The summed E-state index contributed by atoms with van der Waals surface area (Å²) in [6.45, 7) is 0. The molecule has 3 N–H and O–H groups in total. The quantitative estimate of drug-likeness (QED) is 0.609. The molecule has 0 unspecified atom stereocenters. The van der Waals surface area contributed by atoms with Crippen LogP contribution in [0.15, 0.2) is 36.5 Å². The lowest BCUT2D eigenvalue weighted by molar-refractivity contribution is 0.0968. The zero-order valence-corrected chi connectivity index (χ0v) is 15.1. The van der Waals surface area contributed by atoms with Crippen LogP contribution in [0.1, 0.15) is 23.2 Å². The molecule has 0 saturated heterocycles. The van der Waals surface area contributed by atoms with E-state index < -0.39 is 16.2 Å². The van der Waals surface area contributed by atoms with E-state index >= 15 is 0 Å². The largest absolute Gasteiger partial charge is 0.481 e. The van der Waals surface area contributed by atoms with Crippen LogP contribution >= 0.6 is 0 Å². The first kappa shape index (κ1) is 18.6.